The molecule has 1 heterocycles. The fourth-order valence-electron chi connectivity index (χ4n) is 1.26. The van der Waals surface area contributed by atoms with E-state index < -0.39 is 0 Å². The lowest BCUT2D eigenvalue weighted by molar-refractivity contribution is 0.100. The summed E-state index contributed by atoms with van der Waals surface area (Å²) >= 11 is 9.25. The summed E-state index contributed by atoms with van der Waals surface area (Å²) in [4.78, 5) is 15.4. The molecule has 0 N–H and O–H groups in total. The van der Waals surface area contributed by atoms with Gasteiger partial charge in [0.2, 0.25) is 0 Å². The number of hydrogen-bond acceptors (Lipinski definition) is 2. The van der Waals surface area contributed by atoms with Gasteiger partial charge < -0.3 is 0 Å². The van der Waals surface area contributed by atoms with Gasteiger partial charge >= 0.3 is 0 Å². The van der Waals surface area contributed by atoms with E-state index in [1.54, 1.807) is 6.21 Å². The van der Waals surface area contributed by atoms with Crippen molar-refractivity contribution in [2.75, 3.05) is 6.54 Å². The Morgan fingerprint density at radius 3 is 3.00 bits per heavy atom. The molecular weight excluding hydrogens is 253 g/mol. The van der Waals surface area contributed by atoms with Crippen LogP contribution >= 0.6 is 27.5 Å². The van der Waals surface area contributed by atoms with Gasteiger partial charge in [0.1, 0.15) is 6.54 Å². The smallest absolute Gasteiger partial charge is 0.186 e. The van der Waals surface area contributed by atoms with Crippen molar-refractivity contribution >= 4 is 39.5 Å². The zero-order valence-electron chi connectivity index (χ0n) is 6.55. The van der Waals surface area contributed by atoms with Crippen LogP contribution in [0.25, 0.3) is 0 Å². The standard InChI is InChI=1S/C9H5BrClNO/c10-6-2-1-5-3-12-4-7(13)8(5)9(6)11/h1-3H,4H2. The third kappa shape index (κ3) is 1.42. The molecule has 13 heavy (non-hydrogen) atoms. The average molecular weight is 259 g/mol. The highest BCUT2D eigenvalue weighted by molar-refractivity contribution is 9.10. The van der Waals surface area contributed by atoms with E-state index in [4.69, 9.17) is 11.6 Å². The van der Waals surface area contributed by atoms with Gasteiger partial charge in [0.25, 0.3) is 0 Å². The minimum atomic E-state index is -0.0243. The molecule has 0 saturated carbocycles. The van der Waals surface area contributed by atoms with Crippen molar-refractivity contribution in [3.05, 3.63) is 32.8 Å². The molecular formula is C9H5BrClNO. The summed E-state index contributed by atoms with van der Waals surface area (Å²) in [7, 11) is 0. The zero-order chi connectivity index (χ0) is 9.42. The number of carbonyl (C=O) groups is 1. The second-order valence-corrected chi connectivity index (χ2v) is 3.95. The van der Waals surface area contributed by atoms with E-state index in [-0.39, 0.29) is 12.3 Å². The van der Waals surface area contributed by atoms with Gasteiger partial charge in [-0.1, -0.05) is 17.7 Å². The number of aliphatic imine (C=N–C) groups is 1. The van der Waals surface area contributed by atoms with Crippen LogP contribution in [0.1, 0.15) is 15.9 Å². The topological polar surface area (TPSA) is 29.4 Å². The zero-order valence-corrected chi connectivity index (χ0v) is 8.89. The number of nitrogens with zero attached hydrogens (tertiary/aromatic N) is 1. The molecule has 0 aromatic heterocycles. The Kier molecular flexibility index (Phi) is 2.22. The number of Topliss-reactive ketones (excluding diaryl/α,β-unsaturated/α-hetero) is 1. The van der Waals surface area contributed by atoms with Crippen molar-refractivity contribution in [1.29, 1.82) is 0 Å². The van der Waals surface area contributed by atoms with Crippen LogP contribution in [0.2, 0.25) is 5.02 Å². The van der Waals surface area contributed by atoms with Crippen LogP contribution in [-0.2, 0) is 0 Å². The number of benzene rings is 1. The summed E-state index contributed by atoms with van der Waals surface area (Å²) in [6.45, 7) is 0.198. The molecule has 4 heteroatoms. The van der Waals surface area contributed by atoms with Crippen molar-refractivity contribution < 1.29 is 4.79 Å². The minimum absolute atomic E-state index is 0.0243. The van der Waals surface area contributed by atoms with Crippen LogP contribution in [0.5, 0.6) is 0 Å². The molecule has 0 spiro atoms. The highest BCUT2D eigenvalue weighted by atomic mass is 79.9. The first kappa shape index (κ1) is 8.91. The van der Waals surface area contributed by atoms with Crippen molar-refractivity contribution in [3.63, 3.8) is 0 Å². The molecule has 0 bridgehead atoms. The maximum atomic E-state index is 11.4. The van der Waals surface area contributed by atoms with Crippen LogP contribution in [0, 0.1) is 0 Å². The lowest BCUT2D eigenvalue weighted by atomic mass is 10.0. The number of fused-ring (bicyclic) bond motifs is 1. The monoisotopic (exact) mass is 257 g/mol. The predicted octanol–water partition coefficient (Wildman–Crippen LogP) is 2.72. The summed E-state index contributed by atoms with van der Waals surface area (Å²) in [5.41, 5.74) is 1.37. The number of hydrogen-bond donors (Lipinski definition) is 0. The molecule has 0 unspecified atom stereocenters. The van der Waals surface area contributed by atoms with Crippen molar-refractivity contribution in [1.82, 2.24) is 0 Å². The molecule has 0 atom stereocenters. The largest absolute Gasteiger partial charge is 0.292 e. The second-order valence-electron chi connectivity index (χ2n) is 2.72. The number of carbonyl (C=O) groups excluding carboxylic acids is 1. The average Bonchev–Trinajstić information content (AvgIpc) is 2.12. The van der Waals surface area contributed by atoms with Gasteiger partial charge in [-0.2, -0.15) is 0 Å². The highest BCUT2D eigenvalue weighted by Crippen LogP contribution is 2.29. The van der Waals surface area contributed by atoms with Gasteiger partial charge in [0.15, 0.2) is 5.78 Å². The Hall–Kier alpha value is -0.670. The summed E-state index contributed by atoms with van der Waals surface area (Å²) < 4.78 is 0.747. The Bertz CT molecular complexity index is 414. The van der Waals surface area contributed by atoms with E-state index in [0.717, 1.165) is 10.0 Å². The lowest BCUT2D eigenvalue weighted by Gasteiger charge is -2.11. The predicted molar refractivity (Wildman–Crippen MR) is 55.9 cm³/mol. The van der Waals surface area contributed by atoms with Gasteiger partial charge in [-0.3, -0.25) is 9.79 Å². The highest BCUT2D eigenvalue weighted by Gasteiger charge is 2.18. The van der Waals surface area contributed by atoms with Gasteiger partial charge in [-0.05, 0) is 22.0 Å². The maximum Gasteiger partial charge on any atom is 0.186 e. The van der Waals surface area contributed by atoms with E-state index >= 15 is 0 Å². The van der Waals surface area contributed by atoms with Gasteiger partial charge in [0.05, 0.1) is 5.02 Å². The Labute approximate surface area is 88.7 Å². The summed E-state index contributed by atoms with van der Waals surface area (Å²) in [6, 6.07) is 3.64. The SMILES string of the molecule is O=C1CN=Cc2ccc(Br)c(Cl)c21. The van der Waals surface area contributed by atoms with Gasteiger partial charge in [-0.25, -0.2) is 0 Å². The fraction of sp³-hybridized carbons (Fsp3) is 0.111. The van der Waals surface area contributed by atoms with Crippen LogP contribution in [0.3, 0.4) is 0 Å². The summed E-state index contributed by atoms with van der Waals surface area (Å²) in [6.07, 6.45) is 1.68. The lowest BCUT2D eigenvalue weighted by Crippen LogP contribution is -2.13. The van der Waals surface area contributed by atoms with Crippen LogP contribution < -0.4 is 0 Å². The molecule has 0 amide bonds. The number of rotatable bonds is 0. The maximum absolute atomic E-state index is 11.4. The van der Waals surface area contributed by atoms with Crippen molar-refractivity contribution in [2.24, 2.45) is 4.99 Å². The van der Waals surface area contributed by atoms with E-state index in [9.17, 15) is 4.79 Å². The van der Waals surface area contributed by atoms with E-state index in [1.807, 2.05) is 12.1 Å². The first-order valence-electron chi connectivity index (χ1n) is 3.71. The third-order valence-electron chi connectivity index (χ3n) is 1.87. The first-order valence-corrected chi connectivity index (χ1v) is 4.88. The molecule has 1 aliphatic heterocycles. The Balaban J connectivity index is 2.73. The fourth-order valence-corrected chi connectivity index (χ4v) is 1.87. The Morgan fingerprint density at radius 1 is 1.46 bits per heavy atom. The molecule has 1 aromatic carbocycles. The van der Waals surface area contributed by atoms with E-state index in [1.165, 1.54) is 0 Å². The van der Waals surface area contributed by atoms with E-state index in [0.29, 0.717) is 10.6 Å². The molecule has 1 aliphatic rings. The normalized spacial score (nSPS) is 14.5. The van der Waals surface area contributed by atoms with Gasteiger partial charge in [0, 0.05) is 21.8 Å². The van der Waals surface area contributed by atoms with Crippen molar-refractivity contribution in [2.45, 2.75) is 0 Å². The first-order chi connectivity index (χ1) is 6.20. The minimum Gasteiger partial charge on any atom is -0.292 e. The summed E-state index contributed by atoms with van der Waals surface area (Å²) in [5.74, 6) is -0.0243. The quantitative estimate of drug-likeness (QED) is 0.703. The molecule has 0 saturated heterocycles. The molecule has 0 aliphatic carbocycles. The summed E-state index contributed by atoms with van der Waals surface area (Å²) in [5, 5.41) is 0.480. The van der Waals surface area contributed by atoms with Crippen LogP contribution in [0.15, 0.2) is 21.6 Å². The third-order valence-corrected chi connectivity index (χ3v) is 3.15. The van der Waals surface area contributed by atoms with Gasteiger partial charge in [-0.15, -0.1) is 0 Å². The molecule has 2 rings (SSSR count). The van der Waals surface area contributed by atoms with Crippen LogP contribution in [0.4, 0.5) is 0 Å². The van der Waals surface area contributed by atoms with Crippen LogP contribution in [-0.4, -0.2) is 18.5 Å². The van der Waals surface area contributed by atoms with Crippen molar-refractivity contribution in [3.8, 4) is 0 Å². The molecule has 1 aromatic rings. The molecule has 0 radical (unpaired) electrons. The molecule has 66 valence electrons. The number of halogens is 2. The van der Waals surface area contributed by atoms with E-state index in [2.05, 4.69) is 20.9 Å². The number of ketones is 1. The Morgan fingerprint density at radius 2 is 2.23 bits per heavy atom. The molecule has 2 nitrogen and oxygen atoms in total. The molecule has 0 fully saturated rings. The second kappa shape index (κ2) is 3.24.